The van der Waals surface area contributed by atoms with E-state index in [9.17, 15) is 4.79 Å². The topological polar surface area (TPSA) is 29.1 Å². The minimum atomic E-state index is 0.276. The van der Waals surface area contributed by atoms with E-state index in [1.807, 2.05) is 0 Å². The zero-order valence-corrected chi connectivity index (χ0v) is 14.1. The molecule has 1 N–H and O–H groups in total. The molecule has 1 aliphatic carbocycles. The summed E-state index contributed by atoms with van der Waals surface area (Å²) in [6, 6.07) is 0. The first-order chi connectivity index (χ1) is 9.67. The quantitative estimate of drug-likeness (QED) is 0.483. The third-order valence-electron chi connectivity index (χ3n) is 4.62. The fourth-order valence-electron chi connectivity index (χ4n) is 3.09. The number of rotatable bonds is 9. The first-order valence-corrected chi connectivity index (χ1v) is 9.04. The highest BCUT2D eigenvalue weighted by Gasteiger charge is 2.25. The zero-order valence-electron chi connectivity index (χ0n) is 13.3. The zero-order chi connectivity index (χ0) is 14.8. The number of hydrogen-bond acceptors (Lipinski definition) is 1. The molecule has 0 aromatic rings. The third kappa shape index (κ3) is 6.97. The molecule has 0 aromatic heterocycles. The van der Waals surface area contributed by atoms with Crippen LogP contribution in [0.25, 0.3) is 0 Å². The van der Waals surface area contributed by atoms with Crippen LogP contribution in [0, 0.1) is 17.8 Å². The number of unbranched alkanes of at least 4 members (excludes halogenated alkanes) is 1. The minimum Gasteiger partial charge on any atom is -0.356 e. The standard InChI is InChI=1S/C17H32ClNO/c1-3-4-7-15-8-10-16(11-9-15)17(20)19-12-5-6-14(2)13-18/h14-16H,3-13H2,1-2H3,(H,19,20). The summed E-state index contributed by atoms with van der Waals surface area (Å²) in [5.41, 5.74) is 0. The molecular weight excluding hydrogens is 270 g/mol. The van der Waals surface area contributed by atoms with E-state index in [1.54, 1.807) is 0 Å². The monoisotopic (exact) mass is 301 g/mol. The van der Waals surface area contributed by atoms with Crippen LogP contribution >= 0.6 is 11.6 Å². The second-order valence-corrected chi connectivity index (χ2v) is 6.86. The summed E-state index contributed by atoms with van der Waals surface area (Å²) in [6.45, 7) is 5.23. The van der Waals surface area contributed by atoms with Gasteiger partial charge in [-0.1, -0.05) is 33.1 Å². The normalized spacial score (nSPS) is 24.4. The van der Waals surface area contributed by atoms with Crippen molar-refractivity contribution in [3.05, 3.63) is 0 Å². The molecule has 0 saturated heterocycles. The molecule has 1 unspecified atom stereocenters. The van der Waals surface area contributed by atoms with Crippen LogP contribution in [0.3, 0.4) is 0 Å². The molecule has 0 heterocycles. The largest absolute Gasteiger partial charge is 0.356 e. The highest BCUT2D eigenvalue weighted by atomic mass is 35.5. The first-order valence-electron chi connectivity index (χ1n) is 8.51. The van der Waals surface area contributed by atoms with Gasteiger partial charge >= 0.3 is 0 Å². The van der Waals surface area contributed by atoms with Gasteiger partial charge in [0.15, 0.2) is 0 Å². The third-order valence-corrected chi connectivity index (χ3v) is 5.15. The predicted octanol–water partition coefficient (Wildman–Crippen LogP) is 4.75. The molecule has 1 atom stereocenters. The molecule has 0 aliphatic heterocycles. The highest BCUT2D eigenvalue weighted by molar-refractivity contribution is 6.18. The molecule has 0 spiro atoms. The molecule has 0 radical (unpaired) electrons. The Morgan fingerprint density at radius 3 is 2.55 bits per heavy atom. The van der Waals surface area contributed by atoms with E-state index in [2.05, 4.69) is 19.2 Å². The van der Waals surface area contributed by atoms with Gasteiger partial charge in [-0.2, -0.15) is 0 Å². The number of carbonyl (C=O) groups excluding carboxylic acids is 1. The maximum atomic E-state index is 12.1. The number of alkyl halides is 1. The number of hydrogen-bond donors (Lipinski definition) is 1. The van der Waals surface area contributed by atoms with Gasteiger partial charge in [0.2, 0.25) is 5.91 Å². The molecule has 1 saturated carbocycles. The maximum absolute atomic E-state index is 12.1. The van der Waals surface area contributed by atoms with Crippen LogP contribution in [0.4, 0.5) is 0 Å². The van der Waals surface area contributed by atoms with E-state index in [0.717, 1.165) is 44.0 Å². The van der Waals surface area contributed by atoms with Crippen LogP contribution in [-0.4, -0.2) is 18.3 Å². The van der Waals surface area contributed by atoms with Gasteiger partial charge in [0.1, 0.15) is 0 Å². The lowest BCUT2D eigenvalue weighted by Crippen LogP contribution is -2.33. The minimum absolute atomic E-state index is 0.276. The molecule has 20 heavy (non-hydrogen) atoms. The van der Waals surface area contributed by atoms with Crippen LogP contribution in [0.5, 0.6) is 0 Å². The Hall–Kier alpha value is -0.240. The SMILES string of the molecule is CCCCC1CCC(C(=O)NCCCC(C)CCl)CC1. The van der Waals surface area contributed by atoms with Gasteiger partial charge in [0.05, 0.1) is 0 Å². The number of carbonyl (C=O) groups is 1. The van der Waals surface area contributed by atoms with E-state index < -0.39 is 0 Å². The molecule has 0 aromatic carbocycles. The summed E-state index contributed by atoms with van der Waals surface area (Å²) in [5, 5.41) is 3.11. The molecule has 3 heteroatoms. The van der Waals surface area contributed by atoms with Crippen molar-refractivity contribution < 1.29 is 4.79 Å². The average molecular weight is 302 g/mol. The van der Waals surface area contributed by atoms with Crippen LogP contribution in [-0.2, 0) is 4.79 Å². The summed E-state index contributed by atoms with van der Waals surface area (Å²) in [6.07, 6.45) is 10.8. The van der Waals surface area contributed by atoms with Gasteiger partial charge in [-0.25, -0.2) is 0 Å². The predicted molar refractivity (Wildman–Crippen MR) is 87.1 cm³/mol. The van der Waals surface area contributed by atoms with Gasteiger partial charge in [-0.05, 0) is 50.4 Å². The maximum Gasteiger partial charge on any atom is 0.223 e. The molecule has 118 valence electrons. The van der Waals surface area contributed by atoms with Crippen molar-refractivity contribution in [2.24, 2.45) is 17.8 Å². The molecule has 1 amide bonds. The van der Waals surface area contributed by atoms with E-state index in [1.165, 1.54) is 32.1 Å². The Bertz CT molecular complexity index is 262. The number of amides is 1. The smallest absolute Gasteiger partial charge is 0.223 e. The van der Waals surface area contributed by atoms with E-state index in [-0.39, 0.29) is 11.8 Å². The second kappa shape index (κ2) is 10.5. The van der Waals surface area contributed by atoms with Gasteiger partial charge in [0, 0.05) is 18.3 Å². The van der Waals surface area contributed by atoms with E-state index in [4.69, 9.17) is 11.6 Å². The molecule has 1 aliphatic rings. The molecule has 2 nitrogen and oxygen atoms in total. The van der Waals surface area contributed by atoms with Crippen LogP contribution in [0.15, 0.2) is 0 Å². The van der Waals surface area contributed by atoms with Crippen molar-refractivity contribution in [2.45, 2.75) is 71.6 Å². The molecule has 1 fully saturated rings. The van der Waals surface area contributed by atoms with Crippen molar-refractivity contribution in [3.63, 3.8) is 0 Å². The Morgan fingerprint density at radius 2 is 1.95 bits per heavy atom. The Balaban J connectivity index is 2.10. The van der Waals surface area contributed by atoms with Crippen molar-refractivity contribution in [2.75, 3.05) is 12.4 Å². The van der Waals surface area contributed by atoms with Gasteiger partial charge in [-0.3, -0.25) is 4.79 Å². The molecular formula is C17H32ClNO. The van der Waals surface area contributed by atoms with Crippen molar-refractivity contribution >= 4 is 17.5 Å². The van der Waals surface area contributed by atoms with Crippen LogP contribution in [0.2, 0.25) is 0 Å². The summed E-state index contributed by atoms with van der Waals surface area (Å²) in [4.78, 5) is 12.1. The Morgan fingerprint density at radius 1 is 1.25 bits per heavy atom. The average Bonchev–Trinajstić information content (AvgIpc) is 2.49. The summed E-state index contributed by atoms with van der Waals surface area (Å²) in [7, 11) is 0. The second-order valence-electron chi connectivity index (χ2n) is 6.55. The lowest BCUT2D eigenvalue weighted by molar-refractivity contribution is -0.126. The Labute approximate surface area is 130 Å². The lowest BCUT2D eigenvalue weighted by atomic mass is 9.79. The van der Waals surface area contributed by atoms with Gasteiger partial charge in [0.25, 0.3) is 0 Å². The summed E-state index contributed by atoms with van der Waals surface area (Å²) >= 11 is 5.78. The fraction of sp³-hybridized carbons (Fsp3) is 0.941. The van der Waals surface area contributed by atoms with E-state index >= 15 is 0 Å². The summed E-state index contributed by atoms with van der Waals surface area (Å²) < 4.78 is 0. The number of halogens is 1. The lowest BCUT2D eigenvalue weighted by Gasteiger charge is -2.27. The number of nitrogens with one attached hydrogen (secondary N) is 1. The first kappa shape index (κ1) is 17.8. The van der Waals surface area contributed by atoms with Gasteiger partial charge < -0.3 is 5.32 Å². The van der Waals surface area contributed by atoms with Crippen molar-refractivity contribution in [3.8, 4) is 0 Å². The van der Waals surface area contributed by atoms with Crippen molar-refractivity contribution in [1.29, 1.82) is 0 Å². The molecule has 0 bridgehead atoms. The van der Waals surface area contributed by atoms with Gasteiger partial charge in [-0.15, -0.1) is 11.6 Å². The van der Waals surface area contributed by atoms with Crippen LogP contribution in [0.1, 0.15) is 71.6 Å². The van der Waals surface area contributed by atoms with E-state index in [0.29, 0.717) is 5.92 Å². The Kier molecular flexibility index (Phi) is 9.33. The summed E-state index contributed by atoms with van der Waals surface area (Å²) in [5.74, 6) is 2.72. The highest BCUT2D eigenvalue weighted by Crippen LogP contribution is 2.31. The fourth-order valence-corrected chi connectivity index (χ4v) is 3.24. The van der Waals surface area contributed by atoms with Crippen molar-refractivity contribution in [1.82, 2.24) is 5.32 Å². The molecule has 1 rings (SSSR count). The van der Waals surface area contributed by atoms with Crippen LogP contribution < -0.4 is 5.32 Å².